The molecule has 2 saturated heterocycles. The van der Waals surface area contributed by atoms with E-state index in [4.69, 9.17) is 16.3 Å². The Bertz CT molecular complexity index is 797. The van der Waals surface area contributed by atoms with Crippen LogP contribution in [-0.4, -0.2) is 34.0 Å². The third-order valence-corrected chi connectivity index (χ3v) is 6.18. The number of pyridine rings is 1. The summed E-state index contributed by atoms with van der Waals surface area (Å²) in [6, 6.07) is 12.3. The van der Waals surface area contributed by atoms with Gasteiger partial charge in [0.25, 0.3) is 0 Å². The first kappa shape index (κ1) is 18.3. The maximum atomic E-state index is 12.9. The fourth-order valence-electron chi connectivity index (χ4n) is 4.46. The molecule has 2 atom stereocenters. The number of carbonyl (C=O) groups excluding carboxylic acids is 1. The molecule has 1 amide bonds. The molecule has 0 spiro atoms. The van der Waals surface area contributed by atoms with Gasteiger partial charge in [-0.1, -0.05) is 29.8 Å². The molecular weight excluding hydrogens is 360 g/mol. The van der Waals surface area contributed by atoms with Gasteiger partial charge in [-0.15, -0.1) is 0 Å². The number of halogens is 1. The zero-order valence-corrected chi connectivity index (χ0v) is 16.4. The van der Waals surface area contributed by atoms with Crippen molar-refractivity contribution in [3.8, 4) is 5.88 Å². The van der Waals surface area contributed by atoms with Crippen LogP contribution in [0.25, 0.3) is 0 Å². The average Bonchev–Trinajstić information content (AvgIpc) is 2.94. The maximum absolute atomic E-state index is 12.9. The molecule has 5 heteroatoms. The minimum atomic E-state index is 0.153. The van der Waals surface area contributed by atoms with Gasteiger partial charge in [0.05, 0.1) is 0 Å². The van der Waals surface area contributed by atoms with Crippen molar-refractivity contribution in [2.75, 3.05) is 0 Å². The number of aryl methyl sites for hydroxylation is 2. The highest BCUT2D eigenvalue weighted by atomic mass is 35.5. The number of fused-ring (bicyclic) bond motifs is 2. The lowest BCUT2D eigenvalue weighted by atomic mass is 9.98. The molecule has 0 radical (unpaired) electrons. The van der Waals surface area contributed by atoms with E-state index in [1.165, 1.54) is 5.56 Å². The Hall–Kier alpha value is -2.07. The van der Waals surface area contributed by atoms with Crippen molar-refractivity contribution < 1.29 is 9.53 Å². The molecule has 2 bridgehead atoms. The largest absolute Gasteiger partial charge is 0.474 e. The van der Waals surface area contributed by atoms with Crippen molar-refractivity contribution in [1.29, 1.82) is 0 Å². The maximum Gasteiger partial charge on any atom is 0.223 e. The monoisotopic (exact) mass is 384 g/mol. The highest BCUT2D eigenvalue weighted by Crippen LogP contribution is 2.37. The van der Waals surface area contributed by atoms with E-state index in [1.54, 1.807) is 6.20 Å². The normalized spacial score (nSPS) is 24.1. The highest BCUT2D eigenvalue weighted by Gasteiger charge is 2.43. The molecule has 0 aliphatic carbocycles. The molecular formula is C22H25ClN2O2. The Kier molecular flexibility index (Phi) is 5.35. The molecule has 0 unspecified atom stereocenters. The minimum Gasteiger partial charge on any atom is -0.474 e. The molecule has 0 N–H and O–H groups in total. The summed E-state index contributed by atoms with van der Waals surface area (Å²) in [5.41, 5.74) is 2.24. The second kappa shape index (κ2) is 7.89. The fourth-order valence-corrected chi connectivity index (χ4v) is 4.58. The smallest absolute Gasteiger partial charge is 0.223 e. The number of carbonyl (C=O) groups is 1. The van der Waals surface area contributed by atoms with Crippen molar-refractivity contribution in [2.24, 2.45) is 0 Å². The number of hydrogen-bond acceptors (Lipinski definition) is 3. The van der Waals surface area contributed by atoms with Crippen LogP contribution in [0.2, 0.25) is 5.02 Å². The molecule has 27 heavy (non-hydrogen) atoms. The zero-order valence-electron chi connectivity index (χ0n) is 15.6. The van der Waals surface area contributed by atoms with Crippen LogP contribution < -0.4 is 4.74 Å². The summed E-state index contributed by atoms with van der Waals surface area (Å²) in [7, 11) is 0. The number of ether oxygens (including phenoxy) is 1. The van der Waals surface area contributed by atoms with Crippen LogP contribution >= 0.6 is 11.6 Å². The van der Waals surface area contributed by atoms with E-state index in [0.29, 0.717) is 24.4 Å². The second-order valence-electron chi connectivity index (χ2n) is 7.65. The molecule has 4 nitrogen and oxygen atoms in total. The topological polar surface area (TPSA) is 42.4 Å². The summed E-state index contributed by atoms with van der Waals surface area (Å²) in [4.78, 5) is 19.3. The van der Waals surface area contributed by atoms with Crippen LogP contribution in [0.15, 0.2) is 42.6 Å². The van der Waals surface area contributed by atoms with Crippen molar-refractivity contribution in [2.45, 2.75) is 63.6 Å². The summed E-state index contributed by atoms with van der Waals surface area (Å²) in [6.07, 6.45) is 7.19. The molecule has 1 aromatic heterocycles. The Morgan fingerprint density at radius 1 is 1.22 bits per heavy atom. The van der Waals surface area contributed by atoms with Crippen LogP contribution in [0.4, 0.5) is 0 Å². The number of rotatable bonds is 5. The molecule has 2 aliphatic heterocycles. The Labute approximate surface area is 165 Å². The van der Waals surface area contributed by atoms with E-state index in [0.717, 1.165) is 42.7 Å². The predicted octanol–water partition coefficient (Wildman–Crippen LogP) is 4.58. The Morgan fingerprint density at radius 3 is 2.67 bits per heavy atom. The van der Waals surface area contributed by atoms with Gasteiger partial charge < -0.3 is 9.64 Å². The molecule has 3 heterocycles. The van der Waals surface area contributed by atoms with Crippen LogP contribution in [0.3, 0.4) is 0 Å². The molecule has 1 aromatic carbocycles. The Morgan fingerprint density at radius 2 is 2.00 bits per heavy atom. The zero-order chi connectivity index (χ0) is 18.8. The average molecular weight is 385 g/mol. The third-order valence-electron chi connectivity index (χ3n) is 5.75. The number of nitrogens with zero attached hydrogens (tertiary/aromatic N) is 2. The van der Waals surface area contributed by atoms with Gasteiger partial charge in [-0.3, -0.25) is 4.79 Å². The summed E-state index contributed by atoms with van der Waals surface area (Å²) in [6.45, 7) is 2.00. The van der Waals surface area contributed by atoms with Crippen LogP contribution in [0.1, 0.15) is 43.2 Å². The van der Waals surface area contributed by atoms with Crippen molar-refractivity contribution in [3.63, 3.8) is 0 Å². The number of hydrogen-bond donors (Lipinski definition) is 0. The summed E-state index contributed by atoms with van der Waals surface area (Å²) < 4.78 is 6.06. The van der Waals surface area contributed by atoms with Crippen molar-refractivity contribution in [3.05, 3.63) is 58.7 Å². The minimum absolute atomic E-state index is 0.153. The summed E-state index contributed by atoms with van der Waals surface area (Å²) in [5.74, 6) is 0.950. The standard InChI is InChI=1S/C22H25ClN2O2/c1-15-12-16(5-9-20(15)23)6-10-22(26)25-17-7-8-18(25)14-19(13-17)27-21-4-2-3-11-24-21/h2-5,9,11-12,17-19H,6-8,10,13-14H2,1H3/t17-,18-/m0/s1. The quantitative estimate of drug-likeness (QED) is 0.757. The van der Waals surface area contributed by atoms with Gasteiger partial charge in [-0.25, -0.2) is 4.98 Å². The number of aromatic nitrogens is 1. The van der Waals surface area contributed by atoms with Gasteiger partial charge in [0.1, 0.15) is 6.10 Å². The molecule has 2 aliphatic rings. The van der Waals surface area contributed by atoms with Gasteiger partial charge in [0.2, 0.25) is 11.8 Å². The van der Waals surface area contributed by atoms with Crippen molar-refractivity contribution in [1.82, 2.24) is 9.88 Å². The van der Waals surface area contributed by atoms with E-state index >= 15 is 0 Å². The number of amides is 1. The van der Waals surface area contributed by atoms with Crippen LogP contribution in [0.5, 0.6) is 5.88 Å². The first-order chi connectivity index (χ1) is 13.1. The van der Waals surface area contributed by atoms with Gasteiger partial charge >= 0.3 is 0 Å². The van der Waals surface area contributed by atoms with E-state index in [9.17, 15) is 4.79 Å². The van der Waals surface area contributed by atoms with Gasteiger partial charge in [-0.2, -0.15) is 0 Å². The van der Waals surface area contributed by atoms with Gasteiger partial charge in [0, 0.05) is 48.6 Å². The third kappa shape index (κ3) is 4.11. The second-order valence-corrected chi connectivity index (χ2v) is 8.06. The predicted molar refractivity (Wildman–Crippen MR) is 106 cm³/mol. The highest BCUT2D eigenvalue weighted by molar-refractivity contribution is 6.31. The van der Waals surface area contributed by atoms with Crippen molar-refractivity contribution >= 4 is 17.5 Å². The first-order valence-electron chi connectivity index (χ1n) is 9.74. The number of benzene rings is 1. The Balaban J connectivity index is 1.34. The van der Waals surface area contributed by atoms with Crippen LogP contribution in [-0.2, 0) is 11.2 Å². The van der Waals surface area contributed by atoms with E-state index in [2.05, 4.69) is 16.0 Å². The van der Waals surface area contributed by atoms with E-state index < -0.39 is 0 Å². The summed E-state index contributed by atoms with van der Waals surface area (Å²) in [5, 5.41) is 0.776. The summed E-state index contributed by atoms with van der Waals surface area (Å²) >= 11 is 6.09. The van der Waals surface area contributed by atoms with Crippen LogP contribution in [0, 0.1) is 6.92 Å². The first-order valence-corrected chi connectivity index (χ1v) is 10.1. The molecule has 4 rings (SSSR count). The lowest BCUT2D eigenvalue weighted by Gasteiger charge is -2.38. The van der Waals surface area contributed by atoms with E-state index in [1.807, 2.05) is 37.3 Å². The molecule has 142 valence electrons. The number of piperidine rings is 1. The molecule has 2 fully saturated rings. The lowest BCUT2D eigenvalue weighted by molar-refractivity contribution is -0.137. The van der Waals surface area contributed by atoms with Gasteiger partial charge in [0.15, 0.2) is 0 Å². The molecule has 2 aromatic rings. The SMILES string of the molecule is Cc1cc(CCC(=O)N2[C@H]3CC[C@H]2CC(Oc2ccccn2)C3)ccc1Cl. The van der Waals surface area contributed by atoms with E-state index in [-0.39, 0.29) is 12.0 Å². The molecule has 0 saturated carbocycles. The van der Waals surface area contributed by atoms with Gasteiger partial charge in [-0.05, 0) is 49.4 Å². The lowest BCUT2D eigenvalue weighted by Crippen LogP contribution is -2.49. The fraction of sp³-hybridized carbons (Fsp3) is 0.455.